The first-order chi connectivity index (χ1) is 15.3. The summed E-state index contributed by atoms with van der Waals surface area (Å²) in [6.45, 7) is 0.610. The van der Waals surface area contributed by atoms with Crippen molar-refractivity contribution in [2.75, 3.05) is 13.2 Å². The van der Waals surface area contributed by atoms with Crippen LogP contribution in [-0.2, 0) is 23.1 Å². The molecule has 1 amide bonds. The van der Waals surface area contributed by atoms with Gasteiger partial charge in [-0.1, -0.05) is 11.6 Å². The molecule has 4 rings (SSSR count). The molecule has 0 fully saturated rings. The van der Waals surface area contributed by atoms with Crippen molar-refractivity contribution >= 4 is 38.9 Å². The Bertz CT molecular complexity index is 1250. The normalized spacial score (nSPS) is 13.1. The number of benzene rings is 2. The number of sulfonamides is 1. The molecule has 3 aromatic rings. The summed E-state index contributed by atoms with van der Waals surface area (Å²) < 4.78 is 52.7. The minimum atomic E-state index is -3.85. The highest BCUT2D eigenvalue weighted by Gasteiger charge is 2.21. The Morgan fingerprint density at radius 1 is 1.06 bits per heavy atom. The molecule has 0 radical (unpaired) electrons. The van der Waals surface area contributed by atoms with Crippen LogP contribution in [0.5, 0.6) is 11.5 Å². The zero-order valence-electron chi connectivity index (χ0n) is 16.6. The van der Waals surface area contributed by atoms with Gasteiger partial charge in [-0.15, -0.1) is 11.3 Å². The highest BCUT2D eigenvalue weighted by Crippen LogP contribution is 2.35. The molecule has 0 bridgehead atoms. The third-order valence-corrected chi connectivity index (χ3v) is 7.80. The van der Waals surface area contributed by atoms with Crippen LogP contribution >= 0.6 is 22.9 Å². The number of rotatable bonds is 7. The van der Waals surface area contributed by atoms with Gasteiger partial charge < -0.3 is 14.8 Å². The maximum absolute atomic E-state index is 13.8. The van der Waals surface area contributed by atoms with Crippen LogP contribution in [0.1, 0.15) is 20.8 Å². The van der Waals surface area contributed by atoms with Crippen LogP contribution in [-0.4, -0.2) is 27.5 Å². The standard InChI is InChI=1S/C21H18ClFN2O5S2/c22-15-3-1-13(2-4-15)21(26)24-12-17-5-6-19(31-17)32(27,28)25-11-14-9-16(23)10-18-20(14)30-8-7-29-18/h1-6,9-10,25H,7-8,11-12H2,(H,24,26). The molecule has 168 valence electrons. The molecular formula is C21H18ClFN2O5S2. The Hall–Kier alpha value is -2.66. The van der Waals surface area contributed by atoms with Crippen molar-refractivity contribution in [2.45, 2.75) is 17.3 Å². The van der Waals surface area contributed by atoms with Gasteiger partial charge in [-0.2, -0.15) is 0 Å². The van der Waals surface area contributed by atoms with E-state index in [1.165, 1.54) is 18.2 Å². The van der Waals surface area contributed by atoms with Crippen molar-refractivity contribution < 1.29 is 27.1 Å². The Morgan fingerprint density at radius 3 is 2.59 bits per heavy atom. The molecule has 11 heteroatoms. The van der Waals surface area contributed by atoms with Gasteiger partial charge in [0.2, 0.25) is 10.0 Å². The Labute approximate surface area is 193 Å². The number of carbonyl (C=O) groups is 1. The molecule has 0 saturated carbocycles. The zero-order valence-corrected chi connectivity index (χ0v) is 18.9. The summed E-state index contributed by atoms with van der Waals surface area (Å²) in [4.78, 5) is 12.9. The lowest BCUT2D eigenvalue weighted by atomic mass is 10.1. The number of ether oxygens (including phenoxy) is 2. The summed E-state index contributed by atoms with van der Waals surface area (Å²) in [6.07, 6.45) is 0. The fourth-order valence-corrected chi connectivity index (χ4v) is 5.51. The predicted molar refractivity (Wildman–Crippen MR) is 118 cm³/mol. The summed E-state index contributed by atoms with van der Waals surface area (Å²) in [7, 11) is -3.85. The van der Waals surface area contributed by atoms with Gasteiger partial charge in [0.1, 0.15) is 23.2 Å². The lowest BCUT2D eigenvalue weighted by molar-refractivity contribution is 0.0951. The quantitative estimate of drug-likeness (QED) is 0.520. The average Bonchev–Trinajstić information content (AvgIpc) is 3.26. The molecule has 1 aliphatic heterocycles. The number of hydrogen-bond donors (Lipinski definition) is 2. The summed E-state index contributed by atoms with van der Waals surface area (Å²) in [5.74, 6) is -0.258. The van der Waals surface area contributed by atoms with Crippen molar-refractivity contribution in [3.05, 3.63) is 75.4 Å². The van der Waals surface area contributed by atoms with Crippen LogP contribution in [0.2, 0.25) is 5.02 Å². The van der Waals surface area contributed by atoms with E-state index in [0.29, 0.717) is 40.0 Å². The van der Waals surface area contributed by atoms with Crippen LogP contribution < -0.4 is 19.5 Å². The smallest absolute Gasteiger partial charge is 0.251 e. The highest BCUT2D eigenvalue weighted by atomic mass is 35.5. The molecule has 0 saturated heterocycles. The van der Waals surface area contributed by atoms with Gasteiger partial charge in [-0.25, -0.2) is 17.5 Å². The van der Waals surface area contributed by atoms with Gasteiger partial charge in [0.25, 0.3) is 5.91 Å². The van der Waals surface area contributed by atoms with E-state index in [1.807, 2.05) is 0 Å². The zero-order chi connectivity index (χ0) is 22.7. The summed E-state index contributed by atoms with van der Waals surface area (Å²) in [5.41, 5.74) is 0.792. The summed E-state index contributed by atoms with van der Waals surface area (Å²) >= 11 is 6.85. The van der Waals surface area contributed by atoms with Gasteiger partial charge in [0, 0.05) is 33.6 Å². The van der Waals surface area contributed by atoms with Crippen LogP contribution in [0, 0.1) is 5.82 Å². The second-order valence-electron chi connectivity index (χ2n) is 6.82. The van der Waals surface area contributed by atoms with E-state index in [-0.39, 0.29) is 29.0 Å². The van der Waals surface area contributed by atoms with Crippen molar-refractivity contribution in [3.63, 3.8) is 0 Å². The number of thiophene rings is 1. The van der Waals surface area contributed by atoms with Crippen molar-refractivity contribution in [2.24, 2.45) is 0 Å². The molecule has 2 N–H and O–H groups in total. The molecule has 2 heterocycles. The molecule has 7 nitrogen and oxygen atoms in total. The van der Waals surface area contributed by atoms with E-state index in [2.05, 4.69) is 10.0 Å². The monoisotopic (exact) mass is 496 g/mol. The number of carbonyl (C=O) groups excluding carboxylic acids is 1. The maximum atomic E-state index is 13.8. The molecule has 1 aromatic heterocycles. The van der Waals surface area contributed by atoms with Gasteiger partial charge >= 0.3 is 0 Å². The third kappa shape index (κ3) is 5.21. The largest absolute Gasteiger partial charge is 0.486 e. The fraction of sp³-hybridized carbons (Fsp3) is 0.190. The lowest BCUT2D eigenvalue weighted by Crippen LogP contribution is -2.24. The molecule has 1 aliphatic rings. The Kier molecular flexibility index (Phi) is 6.66. The van der Waals surface area contributed by atoms with Crippen LogP contribution in [0.15, 0.2) is 52.7 Å². The van der Waals surface area contributed by atoms with E-state index in [0.717, 1.165) is 11.3 Å². The van der Waals surface area contributed by atoms with Crippen LogP contribution in [0.4, 0.5) is 4.39 Å². The summed E-state index contributed by atoms with van der Waals surface area (Å²) in [6, 6.07) is 11.9. The minimum absolute atomic E-state index is 0.0793. The molecule has 2 aromatic carbocycles. The Morgan fingerprint density at radius 2 is 1.81 bits per heavy atom. The first-order valence-electron chi connectivity index (χ1n) is 9.52. The number of hydrogen-bond acceptors (Lipinski definition) is 6. The van der Waals surface area contributed by atoms with Crippen LogP contribution in [0.3, 0.4) is 0 Å². The molecule has 0 aliphatic carbocycles. The Balaban J connectivity index is 1.39. The lowest BCUT2D eigenvalue weighted by Gasteiger charge is -2.21. The number of nitrogens with one attached hydrogen (secondary N) is 2. The molecule has 32 heavy (non-hydrogen) atoms. The molecular weight excluding hydrogens is 479 g/mol. The van der Waals surface area contributed by atoms with Crippen molar-refractivity contribution in [3.8, 4) is 11.5 Å². The van der Waals surface area contributed by atoms with Crippen molar-refractivity contribution in [1.82, 2.24) is 10.0 Å². The average molecular weight is 497 g/mol. The second-order valence-corrected chi connectivity index (χ2v) is 10.4. The molecule has 0 unspecified atom stereocenters. The van der Waals surface area contributed by atoms with E-state index in [9.17, 15) is 17.6 Å². The maximum Gasteiger partial charge on any atom is 0.251 e. The van der Waals surface area contributed by atoms with Crippen LogP contribution in [0.25, 0.3) is 0 Å². The van der Waals surface area contributed by atoms with E-state index < -0.39 is 15.8 Å². The SMILES string of the molecule is O=C(NCc1ccc(S(=O)(=O)NCc2cc(F)cc3c2OCCO3)s1)c1ccc(Cl)cc1. The first-order valence-corrected chi connectivity index (χ1v) is 12.2. The number of amides is 1. The molecule has 0 atom stereocenters. The van der Waals surface area contributed by atoms with Gasteiger partial charge in [0.15, 0.2) is 11.5 Å². The number of halogens is 2. The van der Waals surface area contributed by atoms with Crippen molar-refractivity contribution in [1.29, 1.82) is 0 Å². The minimum Gasteiger partial charge on any atom is -0.486 e. The second kappa shape index (κ2) is 9.45. The van der Waals surface area contributed by atoms with E-state index in [4.69, 9.17) is 21.1 Å². The molecule has 0 spiro atoms. The van der Waals surface area contributed by atoms with E-state index >= 15 is 0 Å². The van der Waals surface area contributed by atoms with Gasteiger partial charge in [-0.3, -0.25) is 4.79 Å². The number of fused-ring (bicyclic) bond motifs is 1. The van der Waals surface area contributed by atoms with E-state index in [1.54, 1.807) is 30.3 Å². The summed E-state index contributed by atoms with van der Waals surface area (Å²) in [5, 5.41) is 3.27. The third-order valence-electron chi connectivity index (χ3n) is 4.57. The highest BCUT2D eigenvalue weighted by molar-refractivity contribution is 7.91. The predicted octanol–water partition coefficient (Wildman–Crippen LogP) is 3.72. The van der Waals surface area contributed by atoms with Gasteiger partial charge in [0.05, 0.1) is 6.54 Å². The van der Waals surface area contributed by atoms with Gasteiger partial charge in [-0.05, 0) is 42.5 Å². The first kappa shape index (κ1) is 22.5. The fourth-order valence-electron chi connectivity index (χ4n) is 3.03. The topological polar surface area (TPSA) is 93.7 Å².